The van der Waals surface area contributed by atoms with Gasteiger partial charge in [0.1, 0.15) is 11.3 Å². The number of esters is 1. The lowest BCUT2D eigenvalue weighted by molar-refractivity contribution is -0.490. The van der Waals surface area contributed by atoms with Gasteiger partial charge in [0.25, 0.3) is 6.04 Å². The number of carbonyl (C=O) groups excluding carboxylic acids is 2. The van der Waals surface area contributed by atoms with E-state index in [4.69, 9.17) is 4.74 Å². The number of Topliss-reactive ketones (excluding diaryl/α,β-unsaturated/α-hetero) is 1. The molecule has 0 spiro atoms. The van der Waals surface area contributed by atoms with Gasteiger partial charge in [0, 0.05) is 11.1 Å². The highest BCUT2D eigenvalue weighted by molar-refractivity contribution is 6.37. The van der Waals surface area contributed by atoms with Gasteiger partial charge in [-0.15, -0.1) is 0 Å². The predicted molar refractivity (Wildman–Crippen MR) is 65.2 cm³/mol. The molecule has 1 atom stereocenters. The van der Waals surface area contributed by atoms with Crippen molar-refractivity contribution in [1.82, 2.24) is 0 Å². The number of nitrogens with zero attached hydrogens (tertiary/aromatic N) is 2. The van der Waals surface area contributed by atoms with Crippen LogP contribution in [0, 0.1) is 10.1 Å². The zero-order valence-corrected chi connectivity index (χ0v) is 10.0. The van der Waals surface area contributed by atoms with Gasteiger partial charge in [-0.25, -0.2) is 4.79 Å². The number of carbonyl (C=O) groups is 2. The Morgan fingerprint density at radius 1 is 1.58 bits per heavy atom. The fourth-order valence-corrected chi connectivity index (χ4v) is 1.79. The van der Waals surface area contributed by atoms with Gasteiger partial charge >= 0.3 is 5.97 Å². The zero-order chi connectivity index (χ0) is 14.0. The first-order valence-electron chi connectivity index (χ1n) is 5.58. The molecule has 2 aliphatic rings. The molecule has 1 aliphatic heterocycles. The molecule has 7 nitrogen and oxygen atoms in total. The third-order valence-electron chi connectivity index (χ3n) is 2.66. The first-order chi connectivity index (χ1) is 9.06. The summed E-state index contributed by atoms with van der Waals surface area (Å²) >= 11 is 0. The van der Waals surface area contributed by atoms with Gasteiger partial charge in [0.05, 0.1) is 12.2 Å². The van der Waals surface area contributed by atoms with Crippen LogP contribution in [0.3, 0.4) is 0 Å². The highest BCUT2D eigenvalue weighted by Gasteiger charge is 2.37. The second-order valence-corrected chi connectivity index (χ2v) is 3.80. The number of ketones is 1. The van der Waals surface area contributed by atoms with E-state index in [9.17, 15) is 19.7 Å². The zero-order valence-electron chi connectivity index (χ0n) is 10.0. The van der Waals surface area contributed by atoms with E-state index in [0.29, 0.717) is 0 Å². The lowest BCUT2D eigenvalue weighted by Gasteiger charge is -2.18. The molecule has 19 heavy (non-hydrogen) atoms. The van der Waals surface area contributed by atoms with Gasteiger partial charge in [-0.05, 0) is 19.1 Å². The number of hydrogen-bond acceptors (Lipinski definition) is 6. The molecule has 0 radical (unpaired) electrons. The molecular weight excluding hydrogens is 252 g/mol. The molecule has 1 aliphatic carbocycles. The van der Waals surface area contributed by atoms with Crippen LogP contribution in [-0.4, -0.2) is 35.0 Å². The largest absolute Gasteiger partial charge is 0.462 e. The Bertz CT molecular complexity index is 583. The van der Waals surface area contributed by atoms with Crippen molar-refractivity contribution in [3.05, 3.63) is 45.7 Å². The Kier molecular flexibility index (Phi) is 3.37. The SMILES string of the molecule is CCOC(=O)C1=CN=C2C(=CC=CC2[N+](=O)[O-])C1=O. The maximum absolute atomic E-state index is 12.1. The van der Waals surface area contributed by atoms with Crippen LogP contribution in [0.5, 0.6) is 0 Å². The van der Waals surface area contributed by atoms with E-state index in [2.05, 4.69) is 4.99 Å². The average Bonchev–Trinajstić information content (AvgIpc) is 2.38. The van der Waals surface area contributed by atoms with Crippen molar-refractivity contribution in [3.8, 4) is 0 Å². The lowest BCUT2D eigenvalue weighted by atomic mass is 9.90. The van der Waals surface area contributed by atoms with Crippen LogP contribution in [0.25, 0.3) is 0 Å². The van der Waals surface area contributed by atoms with Crippen molar-refractivity contribution in [2.45, 2.75) is 13.0 Å². The summed E-state index contributed by atoms with van der Waals surface area (Å²) in [6.07, 6.45) is 5.18. The number of nitro groups is 1. The lowest BCUT2D eigenvalue weighted by Crippen LogP contribution is -2.36. The summed E-state index contributed by atoms with van der Waals surface area (Å²) in [6, 6.07) is -1.16. The summed E-state index contributed by atoms with van der Waals surface area (Å²) in [6.45, 7) is 1.75. The number of aliphatic imine (C=N–C) groups is 1. The second kappa shape index (κ2) is 4.97. The van der Waals surface area contributed by atoms with Gasteiger partial charge in [-0.1, -0.05) is 6.08 Å². The van der Waals surface area contributed by atoms with Crippen molar-refractivity contribution >= 4 is 17.5 Å². The molecule has 0 aromatic heterocycles. The molecule has 0 bridgehead atoms. The van der Waals surface area contributed by atoms with E-state index in [-0.39, 0.29) is 23.5 Å². The standard InChI is InChI=1S/C12H10N2O5/c1-2-19-12(16)8-6-13-10-7(11(8)15)4-3-5-9(10)14(17)18/h3-6,9H,2H2,1H3. The average molecular weight is 262 g/mol. The van der Waals surface area contributed by atoms with E-state index in [1.165, 1.54) is 18.2 Å². The number of allylic oxidation sites excluding steroid dienone is 2. The van der Waals surface area contributed by atoms with Crippen molar-refractivity contribution in [2.24, 2.45) is 4.99 Å². The first kappa shape index (κ1) is 12.9. The van der Waals surface area contributed by atoms with Crippen LogP contribution < -0.4 is 0 Å². The Morgan fingerprint density at radius 3 is 2.95 bits per heavy atom. The quantitative estimate of drug-likeness (QED) is 0.321. The molecule has 0 aromatic carbocycles. The normalized spacial score (nSPS) is 21.0. The Balaban J connectivity index is 2.40. The Morgan fingerprint density at radius 2 is 2.32 bits per heavy atom. The van der Waals surface area contributed by atoms with Crippen LogP contribution in [0.4, 0.5) is 0 Å². The van der Waals surface area contributed by atoms with Crippen LogP contribution >= 0.6 is 0 Å². The number of ether oxygens (including phenoxy) is 1. The Labute approximate surface area is 108 Å². The maximum atomic E-state index is 12.1. The summed E-state index contributed by atoms with van der Waals surface area (Å²) in [5.41, 5.74) is -0.102. The van der Waals surface area contributed by atoms with Crippen molar-refractivity contribution < 1.29 is 19.2 Å². The summed E-state index contributed by atoms with van der Waals surface area (Å²) in [7, 11) is 0. The van der Waals surface area contributed by atoms with Crippen molar-refractivity contribution in [3.63, 3.8) is 0 Å². The molecule has 1 heterocycles. The third kappa shape index (κ3) is 2.22. The monoisotopic (exact) mass is 262 g/mol. The van der Waals surface area contributed by atoms with Crippen LogP contribution in [0.2, 0.25) is 0 Å². The molecular formula is C12H10N2O5. The summed E-state index contributed by atoms with van der Waals surface area (Å²) < 4.78 is 4.73. The number of rotatable bonds is 3. The van der Waals surface area contributed by atoms with Gasteiger partial charge in [0.2, 0.25) is 5.78 Å². The summed E-state index contributed by atoms with van der Waals surface area (Å²) in [4.78, 5) is 37.8. The molecule has 1 unspecified atom stereocenters. The third-order valence-corrected chi connectivity index (χ3v) is 2.66. The molecule has 7 heteroatoms. The molecule has 2 rings (SSSR count). The predicted octanol–water partition coefficient (Wildman–Crippen LogP) is 0.599. The summed E-state index contributed by atoms with van der Waals surface area (Å²) in [5, 5.41) is 10.9. The fraction of sp³-hybridized carbons (Fsp3) is 0.250. The maximum Gasteiger partial charge on any atom is 0.343 e. The molecule has 0 amide bonds. The highest BCUT2D eigenvalue weighted by Crippen LogP contribution is 2.22. The van der Waals surface area contributed by atoms with Gasteiger partial charge in [-0.3, -0.25) is 19.9 Å². The first-order valence-corrected chi connectivity index (χ1v) is 5.58. The van der Waals surface area contributed by atoms with Gasteiger partial charge in [0.15, 0.2) is 0 Å². The van der Waals surface area contributed by atoms with Gasteiger partial charge in [-0.2, -0.15) is 0 Å². The molecule has 0 fully saturated rings. The van der Waals surface area contributed by atoms with Crippen molar-refractivity contribution in [1.29, 1.82) is 0 Å². The minimum atomic E-state index is -1.16. The molecule has 0 aromatic rings. The Hall–Kier alpha value is -2.57. The highest BCUT2D eigenvalue weighted by atomic mass is 16.6. The van der Waals surface area contributed by atoms with Crippen LogP contribution in [-0.2, 0) is 14.3 Å². The minimum absolute atomic E-state index is 0.0468. The van der Waals surface area contributed by atoms with E-state index >= 15 is 0 Å². The molecule has 0 N–H and O–H groups in total. The van der Waals surface area contributed by atoms with Gasteiger partial charge < -0.3 is 4.74 Å². The summed E-state index contributed by atoms with van der Waals surface area (Å²) in [5.74, 6) is -1.37. The molecule has 0 saturated heterocycles. The van der Waals surface area contributed by atoms with E-state index < -0.39 is 22.7 Å². The molecule has 0 saturated carbocycles. The minimum Gasteiger partial charge on any atom is -0.462 e. The number of hydrogen-bond donors (Lipinski definition) is 0. The topological polar surface area (TPSA) is 98.9 Å². The van der Waals surface area contributed by atoms with Crippen LogP contribution in [0.15, 0.2) is 40.6 Å². The second-order valence-electron chi connectivity index (χ2n) is 3.80. The molecule has 98 valence electrons. The van der Waals surface area contributed by atoms with Crippen molar-refractivity contribution in [2.75, 3.05) is 6.61 Å². The van der Waals surface area contributed by atoms with E-state index in [1.54, 1.807) is 6.92 Å². The van der Waals surface area contributed by atoms with E-state index in [1.807, 2.05) is 0 Å². The van der Waals surface area contributed by atoms with E-state index in [0.717, 1.165) is 6.20 Å². The smallest absolute Gasteiger partial charge is 0.343 e. The fourth-order valence-electron chi connectivity index (χ4n) is 1.79. The van der Waals surface area contributed by atoms with Crippen LogP contribution in [0.1, 0.15) is 6.92 Å². The number of fused-ring (bicyclic) bond motifs is 1.